The van der Waals surface area contributed by atoms with Gasteiger partial charge in [0, 0.05) is 6.20 Å². The second-order valence-corrected chi connectivity index (χ2v) is 3.72. The third-order valence-corrected chi connectivity index (χ3v) is 2.49. The topological polar surface area (TPSA) is 62.7 Å². The van der Waals surface area contributed by atoms with Gasteiger partial charge in [-0.25, -0.2) is 22.0 Å². The minimum absolute atomic E-state index is 0.0184. The van der Waals surface area contributed by atoms with Gasteiger partial charge >= 0.3 is 0 Å². The molecular weight excluding hydrogens is 281 g/mol. The lowest BCUT2D eigenvalue weighted by atomic mass is 10.1. The summed E-state index contributed by atoms with van der Waals surface area (Å²) in [5.41, 5.74) is 3.16. The zero-order valence-electron chi connectivity index (χ0n) is 9.52. The second kappa shape index (κ2) is 4.77. The van der Waals surface area contributed by atoms with Gasteiger partial charge in [-0.05, 0) is 6.07 Å². The van der Waals surface area contributed by atoms with E-state index in [4.69, 9.17) is 11.0 Å². The van der Waals surface area contributed by atoms with Crippen LogP contribution in [0.4, 0.5) is 27.6 Å². The van der Waals surface area contributed by atoms with E-state index in [0.29, 0.717) is 0 Å². The Balaban J connectivity index is 2.81. The number of hydrogen-bond acceptors (Lipinski definition) is 3. The summed E-state index contributed by atoms with van der Waals surface area (Å²) in [6.07, 6.45) is 0.906. The molecule has 0 bridgehead atoms. The van der Waals surface area contributed by atoms with Crippen LogP contribution < -0.4 is 5.73 Å². The summed E-state index contributed by atoms with van der Waals surface area (Å²) in [6, 6.07) is 2.68. The Labute approximate surface area is 109 Å². The number of pyridine rings is 1. The molecule has 0 atom stereocenters. The molecule has 1 aromatic heterocycles. The number of nitrogens with two attached hydrogens (primary N) is 1. The number of benzene rings is 1. The van der Waals surface area contributed by atoms with Crippen molar-refractivity contribution in [3.8, 4) is 17.3 Å². The Kier molecular flexibility index (Phi) is 3.28. The van der Waals surface area contributed by atoms with E-state index in [0.717, 1.165) is 12.3 Å². The summed E-state index contributed by atoms with van der Waals surface area (Å²) in [6.45, 7) is 0. The summed E-state index contributed by atoms with van der Waals surface area (Å²) in [5.74, 6) is -10.5. The van der Waals surface area contributed by atoms with Gasteiger partial charge in [0.2, 0.25) is 5.82 Å². The molecule has 1 heterocycles. The van der Waals surface area contributed by atoms with Crippen molar-refractivity contribution in [2.45, 2.75) is 0 Å². The molecule has 0 aliphatic heterocycles. The average molecular weight is 285 g/mol. The number of anilines is 1. The summed E-state index contributed by atoms with van der Waals surface area (Å²) in [7, 11) is 0. The number of halogens is 5. The van der Waals surface area contributed by atoms with Gasteiger partial charge in [0.25, 0.3) is 0 Å². The van der Waals surface area contributed by atoms with Gasteiger partial charge in [-0.1, -0.05) is 0 Å². The molecule has 20 heavy (non-hydrogen) atoms. The Bertz CT molecular complexity index is 723. The van der Waals surface area contributed by atoms with E-state index in [2.05, 4.69) is 4.98 Å². The van der Waals surface area contributed by atoms with Gasteiger partial charge in [-0.3, -0.25) is 4.98 Å². The molecule has 3 nitrogen and oxygen atoms in total. The summed E-state index contributed by atoms with van der Waals surface area (Å²) in [5, 5.41) is 8.59. The van der Waals surface area contributed by atoms with Crippen LogP contribution >= 0.6 is 0 Å². The van der Waals surface area contributed by atoms with Crippen LogP contribution in [-0.2, 0) is 0 Å². The van der Waals surface area contributed by atoms with Crippen LogP contribution in [0.1, 0.15) is 5.56 Å². The second-order valence-electron chi connectivity index (χ2n) is 3.72. The van der Waals surface area contributed by atoms with E-state index >= 15 is 0 Å². The molecule has 0 saturated carbocycles. The van der Waals surface area contributed by atoms with Gasteiger partial charge < -0.3 is 5.73 Å². The van der Waals surface area contributed by atoms with Crippen LogP contribution in [-0.4, -0.2) is 4.98 Å². The Morgan fingerprint density at radius 2 is 1.45 bits per heavy atom. The molecule has 0 spiro atoms. The standard InChI is InChI=1S/C12H4F5N3/c13-7-6(8(14)10(16)11(17)9(7)15)12-5(19)1-4(2-18)3-20-12/h1,3H,19H2. The zero-order chi connectivity index (χ0) is 15.0. The monoisotopic (exact) mass is 285 g/mol. The van der Waals surface area contributed by atoms with Gasteiger partial charge in [0.05, 0.1) is 22.5 Å². The van der Waals surface area contributed by atoms with Crippen molar-refractivity contribution in [2.24, 2.45) is 0 Å². The van der Waals surface area contributed by atoms with Crippen molar-refractivity contribution in [1.82, 2.24) is 4.98 Å². The third-order valence-electron chi connectivity index (χ3n) is 2.49. The lowest BCUT2D eigenvalue weighted by molar-refractivity contribution is 0.381. The largest absolute Gasteiger partial charge is 0.397 e. The van der Waals surface area contributed by atoms with Gasteiger partial charge in [-0.15, -0.1) is 0 Å². The van der Waals surface area contributed by atoms with Gasteiger partial charge in [-0.2, -0.15) is 5.26 Å². The molecule has 2 aromatic rings. The lowest BCUT2D eigenvalue weighted by Gasteiger charge is -2.09. The number of aromatic nitrogens is 1. The molecule has 8 heteroatoms. The van der Waals surface area contributed by atoms with Crippen LogP contribution in [0.15, 0.2) is 12.3 Å². The fourth-order valence-electron chi connectivity index (χ4n) is 1.56. The van der Waals surface area contributed by atoms with Crippen molar-refractivity contribution in [3.63, 3.8) is 0 Å². The van der Waals surface area contributed by atoms with E-state index in [9.17, 15) is 22.0 Å². The van der Waals surface area contributed by atoms with Crippen molar-refractivity contribution in [1.29, 1.82) is 5.26 Å². The molecule has 102 valence electrons. The van der Waals surface area contributed by atoms with Crippen LogP contribution in [0.3, 0.4) is 0 Å². The van der Waals surface area contributed by atoms with Crippen molar-refractivity contribution >= 4 is 5.69 Å². The Morgan fingerprint density at radius 3 is 1.90 bits per heavy atom. The minimum Gasteiger partial charge on any atom is -0.397 e. The minimum atomic E-state index is -2.27. The molecule has 0 aliphatic carbocycles. The maximum Gasteiger partial charge on any atom is 0.200 e. The van der Waals surface area contributed by atoms with Crippen LogP contribution in [0.5, 0.6) is 0 Å². The quantitative estimate of drug-likeness (QED) is 0.498. The molecular formula is C12H4F5N3. The molecule has 0 aliphatic rings. The summed E-state index contributed by atoms with van der Waals surface area (Å²) in [4.78, 5) is 3.47. The smallest absolute Gasteiger partial charge is 0.200 e. The van der Waals surface area contributed by atoms with E-state index in [-0.39, 0.29) is 11.3 Å². The van der Waals surface area contributed by atoms with Gasteiger partial charge in [0.1, 0.15) is 6.07 Å². The van der Waals surface area contributed by atoms with E-state index in [1.807, 2.05) is 0 Å². The number of nitriles is 1. The zero-order valence-corrected chi connectivity index (χ0v) is 9.52. The molecule has 0 amide bonds. The first-order chi connectivity index (χ1) is 9.38. The highest BCUT2D eigenvalue weighted by molar-refractivity contribution is 5.74. The van der Waals surface area contributed by atoms with E-state index in [1.54, 1.807) is 6.07 Å². The maximum absolute atomic E-state index is 13.6. The van der Waals surface area contributed by atoms with Crippen LogP contribution in [0.25, 0.3) is 11.3 Å². The SMILES string of the molecule is N#Cc1cnc(-c2c(F)c(F)c(F)c(F)c2F)c(N)c1. The van der Waals surface area contributed by atoms with Gasteiger partial charge in [0.15, 0.2) is 23.3 Å². The number of rotatable bonds is 1. The maximum atomic E-state index is 13.6. The Morgan fingerprint density at radius 1 is 0.950 bits per heavy atom. The van der Waals surface area contributed by atoms with Crippen molar-refractivity contribution in [2.75, 3.05) is 5.73 Å². The first kappa shape index (κ1) is 13.7. The number of nitrogen functional groups attached to an aromatic ring is 1. The fraction of sp³-hybridized carbons (Fsp3) is 0. The van der Waals surface area contributed by atoms with Crippen LogP contribution in [0, 0.1) is 40.4 Å². The molecule has 2 N–H and O–H groups in total. The summed E-state index contributed by atoms with van der Waals surface area (Å²) >= 11 is 0. The number of nitrogens with zero attached hydrogens (tertiary/aromatic N) is 2. The Hall–Kier alpha value is -2.69. The molecule has 0 radical (unpaired) electrons. The number of hydrogen-bond donors (Lipinski definition) is 1. The third kappa shape index (κ3) is 1.93. The normalized spacial score (nSPS) is 10.4. The van der Waals surface area contributed by atoms with Crippen molar-refractivity contribution < 1.29 is 22.0 Å². The van der Waals surface area contributed by atoms with E-state index in [1.165, 1.54) is 0 Å². The highest BCUT2D eigenvalue weighted by atomic mass is 19.2. The molecule has 0 saturated heterocycles. The molecule has 2 rings (SSSR count). The lowest BCUT2D eigenvalue weighted by Crippen LogP contribution is -2.06. The predicted octanol–water partition coefficient (Wildman–Crippen LogP) is 2.90. The first-order valence-corrected chi connectivity index (χ1v) is 5.06. The highest BCUT2D eigenvalue weighted by Gasteiger charge is 2.28. The first-order valence-electron chi connectivity index (χ1n) is 5.06. The predicted molar refractivity (Wildman–Crippen MR) is 58.6 cm³/mol. The molecule has 0 fully saturated rings. The molecule has 0 unspecified atom stereocenters. The fourth-order valence-corrected chi connectivity index (χ4v) is 1.56. The highest BCUT2D eigenvalue weighted by Crippen LogP contribution is 2.33. The van der Waals surface area contributed by atoms with Crippen molar-refractivity contribution in [3.05, 3.63) is 46.9 Å². The summed E-state index contributed by atoms with van der Waals surface area (Å²) < 4.78 is 66.2. The van der Waals surface area contributed by atoms with E-state index < -0.39 is 40.3 Å². The molecule has 1 aromatic carbocycles. The van der Waals surface area contributed by atoms with Crippen LogP contribution in [0.2, 0.25) is 0 Å². The average Bonchev–Trinajstić information content (AvgIpc) is 2.44.